The highest BCUT2D eigenvalue weighted by Gasteiger charge is 2.17. The molecule has 288 valence electrons. The lowest BCUT2D eigenvalue weighted by atomic mass is 10.0. The molecule has 0 aliphatic rings. The molecule has 0 aliphatic heterocycles. The Hall–Kier alpha value is -2.40. The van der Waals surface area contributed by atoms with Gasteiger partial charge in [-0.15, -0.1) is 0 Å². The Labute approximate surface area is 309 Å². The Kier molecular flexibility index (Phi) is 39.1. The first kappa shape index (κ1) is 47.6. The van der Waals surface area contributed by atoms with Crippen molar-refractivity contribution in [3.05, 3.63) is 60.8 Å². The van der Waals surface area contributed by atoms with Gasteiger partial charge >= 0.3 is 11.9 Å². The maximum atomic E-state index is 12.5. The van der Waals surface area contributed by atoms with Gasteiger partial charge in [0.1, 0.15) is 6.61 Å². The molecule has 0 aliphatic carbocycles. The van der Waals surface area contributed by atoms with Crippen molar-refractivity contribution in [3.8, 4) is 0 Å². The zero-order chi connectivity index (χ0) is 36.4. The highest BCUT2D eigenvalue weighted by Crippen LogP contribution is 2.13. The molecule has 5 nitrogen and oxygen atoms in total. The highest BCUT2D eigenvalue weighted by atomic mass is 16.6. The number of carbonyl (C=O) groups is 2. The van der Waals surface area contributed by atoms with Crippen LogP contribution in [0, 0.1) is 0 Å². The van der Waals surface area contributed by atoms with Gasteiger partial charge in [-0.2, -0.15) is 0 Å². The number of allylic oxidation sites excluding steroid dienone is 9. The van der Waals surface area contributed by atoms with Gasteiger partial charge in [-0.25, -0.2) is 0 Å². The molecule has 0 fully saturated rings. The SMILES string of the molecule is CC/C=C\C/C=C\C/C=C\C/C=C\C/C=C\CC(=O)OCC(COCCCCCCCCCCCCCCCC)OC(=O)CCCCCCC. The second-order valence-corrected chi connectivity index (χ2v) is 13.5. The second-order valence-electron chi connectivity index (χ2n) is 13.5. The molecule has 0 bridgehead atoms. The van der Waals surface area contributed by atoms with Crippen LogP contribution < -0.4 is 0 Å². The van der Waals surface area contributed by atoms with E-state index in [9.17, 15) is 9.59 Å². The Morgan fingerprint density at radius 1 is 0.460 bits per heavy atom. The van der Waals surface area contributed by atoms with Crippen LogP contribution in [-0.2, 0) is 23.8 Å². The molecule has 0 rings (SSSR count). The molecular formula is C45H78O5. The van der Waals surface area contributed by atoms with Gasteiger partial charge in [0.15, 0.2) is 6.10 Å². The van der Waals surface area contributed by atoms with E-state index in [1.165, 1.54) is 89.9 Å². The molecule has 5 heteroatoms. The fourth-order valence-electron chi connectivity index (χ4n) is 5.52. The van der Waals surface area contributed by atoms with Crippen LogP contribution in [0.15, 0.2) is 60.8 Å². The van der Waals surface area contributed by atoms with E-state index in [1.807, 2.05) is 12.2 Å². The minimum absolute atomic E-state index is 0.0316. The predicted molar refractivity (Wildman–Crippen MR) is 214 cm³/mol. The van der Waals surface area contributed by atoms with Crippen LogP contribution in [-0.4, -0.2) is 37.9 Å². The van der Waals surface area contributed by atoms with Gasteiger partial charge in [-0.1, -0.05) is 191 Å². The maximum Gasteiger partial charge on any atom is 0.309 e. The van der Waals surface area contributed by atoms with Crippen molar-refractivity contribution >= 4 is 11.9 Å². The van der Waals surface area contributed by atoms with Gasteiger partial charge in [-0.3, -0.25) is 9.59 Å². The minimum Gasteiger partial charge on any atom is -0.461 e. The van der Waals surface area contributed by atoms with Crippen molar-refractivity contribution in [2.75, 3.05) is 19.8 Å². The smallest absolute Gasteiger partial charge is 0.309 e. The summed E-state index contributed by atoms with van der Waals surface area (Å²) in [6.45, 7) is 7.53. The van der Waals surface area contributed by atoms with Crippen molar-refractivity contribution in [1.29, 1.82) is 0 Å². The van der Waals surface area contributed by atoms with Crippen molar-refractivity contribution in [2.45, 2.75) is 194 Å². The van der Waals surface area contributed by atoms with Crippen LogP contribution >= 0.6 is 0 Å². The van der Waals surface area contributed by atoms with Gasteiger partial charge in [-0.05, 0) is 44.9 Å². The predicted octanol–water partition coefficient (Wildman–Crippen LogP) is 13.4. The van der Waals surface area contributed by atoms with Gasteiger partial charge in [0.25, 0.3) is 0 Å². The van der Waals surface area contributed by atoms with E-state index in [0.717, 1.165) is 64.2 Å². The second kappa shape index (κ2) is 41.0. The van der Waals surface area contributed by atoms with E-state index in [2.05, 4.69) is 69.4 Å². The summed E-state index contributed by atoms with van der Waals surface area (Å²) in [6, 6.07) is 0. The molecule has 0 spiro atoms. The van der Waals surface area contributed by atoms with E-state index in [-0.39, 0.29) is 31.6 Å². The van der Waals surface area contributed by atoms with Crippen LogP contribution in [0.3, 0.4) is 0 Å². The Morgan fingerprint density at radius 2 is 0.880 bits per heavy atom. The summed E-state index contributed by atoms with van der Waals surface area (Å²) in [7, 11) is 0. The molecule has 0 aromatic heterocycles. The summed E-state index contributed by atoms with van der Waals surface area (Å²) < 4.78 is 17.0. The lowest BCUT2D eigenvalue weighted by molar-refractivity contribution is -0.162. The first-order valence-corrected chi connectivity index (χ1v) is 20.8. The van der Waals surface area contributed by atoms with E-state index in [4.69, 9.17) is 14.2 Å². The van der Waals surface area contributed by atoms with Crippen LogP contribution in [0.2, 0.25) is 0 Å². The van der Waals surface area contributed by atoms with Crippen molar-refractivity contribution in [1.82, 2.24) is 0 Å². The fraction of sp³-hybridized carbons (Fsp3) is 0.733. The number of hydrogen-bond donors (Lipinski definition) is 0. The van der Waals surface area contributed by atoms with Crippen LogP contribution in [0.4, 0.5) is 0 Å². The number of ether oxygens (including phenoxy) is 3. The van der Waals surface area contributed by atoms with Crippen LogP contribution in [0.1, 0.15) is 188 Å². The summed E-state index contributed by atoms with van der Waals surface area (Å²) in [5, 5.41) is 0. The zero-order valence-electron chi connectivity index (χ0n) is 32.9. The molecular weight excluding hydrogens is 620 g/mol. The van der Waals surface area contributed by atoms with E-state index < -0.39 is 6.10 Å². The molecule has 0 N–H and O–H groups in total. The topological polar surface area (TPSA) is 61.8 Å². The number of esters is 2. The largest absolute Gasteiger partial charge is 0.461 e. The normalized spacial score (nSPS) is 12.8. The molecule has 0 aromatic carbocycles. The van der Waals surface area contributed by atoms with Gasteiger partial charge in [0, 0.05) is 13.0 Å². The molecule has 1 unspecified atom stereocenters. The summed E-state index contributed by atoms with van der Waals surface area (Å²) >= 11 is 0. The monoisotopic (exact) mass is 699 g/mol. The third-order valence-electron chi connectivity index (χ3n) is 8.60. The highest BCUT2D eigenvalue weighted by molar-refractivity contribution is 5.71. The summed E-state index contributed by atoms with van der Waals surface area (Å²) in [5.41, 5.74) is 0. The van der Waals surface area contributed by atoms with E-state index >= 15 is 0 Å². The fourth-order valence-corrected chi connectivity index (χ4v) is 5.52. The number of unbranched alkanes of at least 4 members (excludes halogenated alkanes) is 17. The first-order chi connectivity index (χ1) is 24.6. The average Bonchev–Trinajstić information content (AvgIpc) is 3.11. The summed E-state index contributed by atoms with van der Waals surface area (Å²) in [4.78, 5) is 24.9. The average molecular weight is 699 g/mol. The summed E-state index contributed by atoms with van der Waals surface area (Å²) in [6.07, 6.45) is 49.8. The van der Waals surface area contributed by atoms with Crippen LogP contribution in [0.25, 0.3) is 0 Å². The maximum absolute atomic E-state index is 12.5. The number of carbonyl (C=O) groups excluding carboxylic acids is 2. The third kappa shape index (κ3) is 38.4. The molecule has 0 saturated carbocycles. The Balaban J connectivity index is 4.22. The molecule has 0 saturated heterocycles. The lowest BCUT2D eigenvalue weighted by Crippen LogP contribution is -2.30. The standard InChI is InChI=1S/C45H78O5/c1-4-7-10-13-15-17-19-21-23-24-26-28-30-33-35-38-44(46)49-42-43(50-45(47)39-36-32-12-9-6-3)41-48-40-37-34-31-29-27-25-22-20-18-16-14-11-8-5-2/h7,10,15,17,21,23,26,28,33,35,43H,4-6,8-9,11-14,16,18-20,22,24-25,27,29-32,34,36-42H2,1-3H3/b10-7-,17-15-,23-21-,28-26-,35-33-. The Morgan fingerprint density at radius 3 is 1.36 bits per heavy atom. The van der Waals surface area contributed by atoms with Crippen molar-refractivity contribution in [2.24, 2.45) is 0 Å². The molecule has 50 heavy (non-hydrogen) atoms. The van der Waals surface area contributed by atoms with E-state index in [0.29, 0.717) is 13.0 Å². The third-order valence-corrected chi connectivity index (χ3v) is 8.60. The molecule has 0 amide bonds. The van der Waals surface area contributed by atoms with Crippen LogP contribution in [0.5, 0.6) is 0 Å². The zero-order valence-corrected chi connectivity index (χ0v) is 32.9. The summed E-state index contributed by atoms with van der Waals surface area (Å²) in [5.74, 6) is -0.556. The van der Waals surface area contributed by atoms with Gasteiger partial charge in [0.05, 0.1) is 13.0 Å². The van der Waals surface area contributed by atoms with Gasteiger partial charge in [0.2, 0.25) is 0 Å². The minimum atomic E-state index is -0.568. The molecule has 0 aromatic rings. The Bertz CT molecular complexity index is 884. The van der Waals surface area contributed by atoms with Crippen molar-refractivity contribution in [3.63, 3.8) is 0 Å². The number of rotatable bonds is 37. The van der Waals surface area contributed by atoms with E-state index in [1.54, 1.807) is 0 Å². The number of hydrogen-bond acceptors (Lipinski definition) is 5. The lowest BCUT2D eigenvalue weighted by Gasteiger charge is -2.18. The molecule has 0 heterocycles. The first-order valence-electron chi connectivity index (χ1n) is 20.8. The van der Waals surface area contributed by atoms with Crippen molar-refractivity contribution < 1.29 is 23.8 Å². The molecule has 1 atom stereocenters. The molecule has 0 radical (unpaired) electrons. The van der Waals surface area contributed by atoms with Gasteiger partial charge < -0.3 is 14.2 Å². The quantitative estimate of drug-likeness (QED) is 0.0367.